The van der Waals surface area contributed by atoms with E-state index in [1.54, 1.807) is 25.3 Å². The molecule has 0 bridgehead atoms. The normalized spacial score (nSPS) is 10.3. The first-order chi connectivity index (χ1) is 10.9. The smallest absolute Gasteiger partial charge is 0.243 e. The SMILES string of the molecule is COc1ccc(Cl)cc1NCC(=O)Nc1c(C)cc(C)cc1C. The van der Waals surface area contributed by atoms with Crippen LogP contribution in [0.1, 0.15) is 16.7 Å². The number of carbonyl (C=O) groups excluding carboxylic acids is 1. The van der Waals surface area contributed by atoms with Gasteiger partial charge < -0.3 is 15.4 Å². The van der Waals surface area contributed by atoms with Gasteiger partial charge in [0.15, 0.2) is 0 Å². The molecule has 2 rings (SSSR count). The summed E-state index contributed by atoms with van der Waals surface area (Å²) in [6, 6.07) is 9.34. The Morgan fingerprint density at radius 3 is 2.39 bits per heavy atom. The summed E-state index contributed by atoms with van der Waals surface area (Å²) in [7, 11) is 1.58. The average molecular weight is 333 g/mol. The molecular weight excluding hydrogens is 312 g/mol. The number of anilines is 2. The van der Waals surface area contributed by atoms with Gasteiger partial charge in [0.2, 0.25) is 5.91 Å². The second-order valence-electron chi connectivity index (χ2n) is 5.52. The highest BCUT2D eigenvalue weighted by atomic mass is 35.5. The van der Waals surface area contributed by atoms with E-state index in [1.807, 2.05) is 20.8 Å². The van der Waals surface area contributed by atoms with E-state index in [9.17, 15) is 4.79 Å². The van der Waals surface area contributed by atoms with Gasteiger partial charge in [0.25, 0.3) is 0 Å². The van der Waals surface area contributed by atoms with E-state index >= 15 is 0 Å². The van der Waals surface area contributed by atoms with Crippen LogP contribution in [0, 0.1) is 20.8 Å². The molecular formula is C18H21ClN2O2. The van der Waals surface area contributed by atoms with Crippen LogP contribution in [-0.2, 0) is 4.79 Å². The summed E-state index contributed by atoms with van der Waals surface area (Å²) in [5.41, 5.74) is 4.83. The first-order valence-electron chi connectivity index (χ1n) is 7.36. The van der Waals surface area contributed by atoms with Crippen molar-refractivity contribution in [1.29, 1.82) is 0 Å². The molecule has 0 aromatic heterocycles. The predicted octanol–water partition coefficient (Wildman–Crippen LogP) is 4.32. The number of hydrogen-bond acceptors (Lipinski definition) is 3. The summed E-state index contributed by atoms with van der Waals surface area (Å²) in [5, 5.41) is 6.59. The van der Waals surface area contributed by atoms with Gasteiger partial charge in [-0.1, -0.05) is 29.3 Å². The lowest BCUT2D eigenvalue weighted by molar-refractivity contribution is -0.114. The van der Waals surface area contributed by atoms with Crippen LogP contribution in [0.2, 0.25) is 5.02 Å². The first kappa shape index (κ1) is 17.2. The van der Waals surface area contributed by atoms with Crippen molar-refractivity contribution in [2.75, 3.05) is 24.3 Å². The van der Waals surface area contributed by atoms with E-state index in [0.29, 0.717) is 16.5 Å². The third-order valence-electron chi connectivity index (χ3n) is 3.54. The number of aryl methyl sites for hydroxylation is 3. The Morgan fingerprint density at radius 1 is 1.13 bits per heavy atom. The summed E-state index contributed by atoms with van der Waals surface area (Å²) in [6.45, 7) is 6.15. The maximum absolute atomic E-state index is 12.2. The second-order valence-corrected chi connectivity index (χ2v) is 5.96. The fraction of sp³-hybridized carbons (Fsp3) is 0.278. The molecule has 0 aliphatic carbocycles. The van der Waals surface area contributed by atoms with Crippen molar-refractivity contribution in [3.8, 4) is 5.75 Å². The zero-order chi connectivity index (χ0) is 17.0. The monoisotopic (exact) mass is 332 g/mol. The van der Waals surface area contributed by atoms with Crippen LogP contribution in [-0.4, -0.2) is 19.6 Å². The molecule has 0 spiro atoms. The summed E-state index contributed by atoms with van der Waals surface area (Å²) in [5.74, 6) is 0.520. The molecule has 0 fully saturated rings. The molecule has 5 heteroatoms. The van der Waals surface area contributed by atoms with Gasteiger partial charge in [0.1, 0.15) is 5.75 Å². The lowest BCUT2D eigenvalue weighted by Crippen LogP contribution is -2.23. The van der Waals surface area contributed by atoms with Crippen molar-refractivity contribution in [2.24, 2.45) is 0 Å². The quantitative estimate of drug-likeness (QED) is 0.857. The summed E-state index contributed by atoms with van der Waals surface area (Å²) < 4.78 is 5.25. The van der Waals surface area contributed by atoms with E-state index < -0.39 is 0 Å². The van der Waals surface area contributed by atoms with Crippen molar-refractivity contribution in [3.63, 3.8) is 0 Å². The zero-order valence-electron chi connectivity index (χ0n) is 13.8. The second kappa shape index (κ2) is 7.38. The van der Waals surface area contributed by atoms with Gasteiger partial charge in [0, 0.05) is 10.7 Å². The van der Waals surface area contributed by atoms with Gasteiger partial charge in [-0.05, 0) is 50.1 Å². The molecule has 2 aromatic carbocycles. The maximum atomic E-state index is 12.2. The third kappa shape index (κ3) is 4.39. The Bertz CT molecular complexity index is 706. The van der Waals surface area contributed by atoms with E-state index in [0.717, 1.165) is 16.8 Å². The average Bonchev–Trinajstić information content (AvgIpc) is 2.49. The van der Waals surface area contributed by atoms with Crippen molar-refractivity contribution in [2.45, 2.75) is 20.8 Å². The predicted molar refractivity (Wildman–Crippen MR) is 95.8 cm³/mol. The summed E-state index contributed by atoms with van der Waals surface area (Å²) >= 11 is 5.98. The molecule has 0 aliphatic heterocycles. The van der Waals surface area contributed by atoms with Gasteiger partial charge in [-0.25, -0.2) is 0 Å². The Morgan fingerprint density at radius 2 is 1.78 bits per heavy atom. The number of benzene rings is 2. The van der Waals surface area contributed by atoms with Crippen LogP contribution in [0.4, 0.5) is 11.4 Å². The fourth-order valence-corrected chi connectivity index (χ4v) is 2.73. The van der Waals surface area contributed by atoms with Crippen LogP contribution in [0.3, 0.4) is 0 Å². The third-order valence-corrected chi connectivity index (χ3v) is 3.78. The first-order valence-corrected chi connectivity index (χ1v) is 7.73. The molecule has 122 valence electrons. The maximum Gasteiger partial charge on any atom is 0.243 e. The Hall–Kier alpha value is -2.20. The number of hydrogen-bond donors (Lipinski definition) is 2. The Balaban J connectivity index is 2.05. The number of carbonyl (C=O) groups is 1. The number of ether oxygens (including phenoxy) is 1. The zero-order valence-corrected chi connectivity index (χ0v) is 14.5. The number of nitrogens with one attached hydrogen (secondary N) is 2. The van der Waals surface area contributed by atoms with E-state index in [-0.39, 0.29) is 12.5 Å². The fourth-order valence-electron chi connectivity index (χ4n) is 2.55. The number of halogens is 1. The van der Waals surface area contributed by atoms with Crippen molar-refractivity contribution in [1.82, 2.24) is 0 Å². The number of rotatable bonds is 5. The van der Waals surface area contributed by atoms with E-state index in [1.165, 1.54) is 5.56 Å². The molecule has 23 heavy (non-hydrogen) atoms. The van der Waals surface area contributed by atoms with Crippen LogP contribution in [0.25, 0.3) is 0 Å². The van der Waals surface area contributed by atoms with Crippen molar-refractivity contribution in [3.05, 3.63) is 52.0 Å². The summed E-state index contributed by atoms with van der Waals surface area (Å²) in [4.78, 5) is 12.2. The molecule has 4 nitrogen and oxygen atoms in total. The highest BCUT2D eigenvalue weighted by Gasteiger charge is 2.10. The molecule has 0 atom stereocenters. The highest BCUT2D eigenvalue weighted by Crippen LogP contribution is 2.27. The minimum Gasteiger partial charge on any atom is -0.495 e. The van der Waals surface area contributed by atoms with Gasteiger partial charge in [-0.3, -0.25) is 4.79 Å². The molecule has 0 unspecified atom stereocenters. The molecule has 0 radical (unpaired) electrons. The molecule has 0 aliphatic rings. The van der Waals surface area contributed by atoms with Crippen molar-refractivity contribution < 1.29 is 9.53 Å². The van der Waals surface area contributed by atoms with Gasteiger partial charge in [0.05, 0.1) is 19.3 Å². The largest absolute Gasteiger partial charge is 0.495 e. The van der Waals surface area contributed by atoms with Crippen molar-refractivity contribution >= 4 is 28.9 Å². The summed E-state index contributed by atoms with van der Waals surface area (Å²) in [6.07, 6.45) is 0. The number of methoxy groups -OCH3 is 1. The van der Waals surface area contributed by atoms with Gasteiger partial charge in [-0.2, -0.15) is 0 Å². The van der Waals surface area contributed by atoms with Crippen LogP contribution < -0.4 is 15.4 Å². The molecule has 0 saturated heterocycles. The molecule has 0 saturated carbocycles. The highest BCUT2D eigenvalue weighted by molar-refractivity contribution is 6.30. The Kier molecular flexibility index (Phi) is 5.50. The number of amides is 1. The lowest BCUT2D eigenvalue weighted by atomic mass is 10.1. The lowest BCUT2D eigenvalue weighted by Gasteiger charge is -2.14. The molecule has 0 heterocycles. The van der Waals surface area contributed by atoms with Gasteiger partial charge >= 0.3 is 0 Å². The van der Waals surface area contributed by atoms with E-state index in [4.69, 9.17) is 16.3 Å². The minimum atomic E-state index is -0.123. The molecule has 2 N–H and O–H groups in total. The Labute approximate surface area is 141 Å². The van der Waals surface area contributed by atoms with Crippen LogP contribution in [0.5, 0.6) is 5.75 Å². The standard InChI is InChI=1S/C18H21ClN2O2/c1-11-7-12(2)18(13(3)8-11)21-17(22)10-20-15-9-14(19)5-6-16(15)23-4/h5-9,20H,10H2,1-4H3,(H,21,22). The van der Waals surface area contributed by atoms with Crippen LogP contribution >= 0.6 is 11.6 Å². The van der Waals surface area contributed by atoms with E-state index in [2.05, 4.69) is 22.8 Å². The minimum absolute atomic E-state index is 0.123. The van der Waals surface area contributed by atoms with Crippen LogP contribution in [0.15, 0.2) is 30.3 Å². The molecule has 2 aromatic rings. The molecule has 1 amide bonds. The van der Waals surface area contributed by atoms with Gasteiger partial charge in [-0.15, -0.1) is 0 Å². The topological polar surface area (TPSA) is 50.4 Å².